The van der Waals surface area contributed by atoms with Crippen molar-refractivity contribution in [2.45, 2.75) is 44.6 Å². The van der Waals surface area contributed by atoms with E-state index in [-0.39, 0.29) is 30.6 Å². The van der Waals surface area contributed by atoms with E-state index in [9.17, 15) is 14.0 Å². The van der Waals surface area contributed by atoms with Crippen LogP contribution in [0.2, 0.25) is 0 Å². The van der Waals surface area contributed by atoms with E-state index >= 15 is 0 Å². The smallest absolute Gasteiger partial charge is 0.303 e. The molecular formula is C16H20FNO3. The molecule has 0 aromatic heterocycles. The number of aliphatic carboxylic acids is 1. The molecule has 1 aromatic rings. The van der Waals surface area contributed by atoms with Gasteiger partial charge in [-0.2, -0.15) is 0 Å². The molecule has 1 amide bonds. The highest BCUT2D eigenvalue weighted by Crippen LogP contribution is 2.22. The van der Waals surface area contributed by atoms with Gasteiger partial charge in [-0.3, -0.25) is 9.59 Å². The molecule has 0 aliphatic carbocycles. The number of amides is 1. The van der Waals surface area contributed by atoms with Crippen molar-refractivity contribution in [3.63, 3.8) is 0 Å². The Bertz CT molecular complexity index is 518. The number of likely N-dealkylation sites (tertiary alicyclic amines) is 1. The number of rotatable bonds is 5. The van der Waals surface area contributed by atoms with E-state index in [4.69, 9.17) is 5.11 Å². The minimum Gasteiger partial charge on any atom is -0.481 e. The van der Waals surface area contributed by atoms with Gasteiger partial charge in [0.15, 0.2) is 0 Å². The highest BCUT2D eigenvalue weighted by Gasteiger charge is 2.27. The number of benzene rings is 1. The van der Waals surface area contributed by atoms with Crippen LogP contribution in [0.5, 0.6) is 0 Å². The van der Waals surface area contributed by atoms with Crippen LogP contribution >= 0.6 is 0 Å². The predicted octanol–water partition coefficient (Wildman–Crippen LogP) is 2.61. The van der Waals surface area contributed by atoms with Gasteiger partial charge in [0.05, 0.1) is 6.42 Å². The molecule has 1 aliphatic heterocycles. The molecular weight excluding hydrogens is 273 g/mol. The molecule has 1 aromatic carbocycles. The largest absolute Gasteiger partial charge is 0.481 e. The van der Waals surface area contributed by atoms with Crippen molar-refractivity contribution in [1.82, 2.24) is 4.90 Å². The Morgan fingerprint density at radius 2 is 2.05 bits per heavy atom. The van der Waals surface area contributed by atoms with Crippen molar-refractivity contribution >= 4 is 11.9 Å². The van der Waals surface area contributed by atoms with Gasteiger partial charge in [0, 0.05) is 19.0 Å². The number of carboxylic acids is 1. The van der Waals surface area contributed by atoms with E-state index in [2.05, 4.69) is 0 Å². The normalized spacial score (nSPS) is 18.5. The summed E-state index contributed by atoms with van der Waals surface area (Å²) in [6.45, 7) is 0.636. The molecule has 0 spiro atoms. The molecule has 1 unspecified atom stereocenters. The third-order valence-electron chi connectivity index (χ3n) is 3.94. The zero-order valence-corrected chi connectivity index (χ0v) is 11.9. The number of nitrogens with zero attached hydrogens (tertiary/aromatic N) is 1. The third kappa shape index (κ3) is 4.28. The number of hydrogen-bond acceptors (Lipinski definition) is 2. The highest BCUT2D eigenvalue weighted by molar-refractivity contribution is 5.79. The van der Waals surface area contributed by atoms with Gasteiger partial charge in [0.2, 0.25) is 5.91 Å². The molecule has 0 radical (unpaired) electrons. The zero-order valence-electron chi connectivity index (χ0n) is 11.9. The number of halogens is 1. The highest BCUT2D eigenvalue weighted by atomic mass is 19.1. The number of carbonyl (C=O) groups is 2. The van der Waals surface area contributed by atoms with Crippen molar-refractivity contribution in [2.75, 3.05) is 6.54 Å². The summed E-state index contributed by atoms with van der Waals surface area (Å²) in [7, 11) is 0. The number of piperidine rings is 1. The van der Waals surface area contributed by atoms with Crippen molar-refractivity contribution < 1.29 is 19.1 Å². The standard InChI is InChI=1S/C16H20FNO3/c17-14-7-2-1-5-12(14)11-15(19)18-10-4-3-6-13(18)8-9-16(20)21/h1-2,5,7,13H,3-4,6,8-11H2,(H,20,21). The summed E-state index contributed by atoms with van der Waals surface area (Å²) in [6.07, 6.45) is 3.33. The zero-order chi connectivity index (χ0) is 15.2. The van der Waals surface area contributed by atoms with E-state index in [0.29, 0.717) is 18.5 Å². The fourth-order valence-corrected chi connectivity index (χ4v) is 2.83. The number of hydrogen-bond donors (Lipinski definition) is 1. The lowest BCUT2D eigenvalue weighted by atomic mass is 9.97. The van der Waals surface area contributed by atoms with Gasteiger partial charge in [0.25, 0.3) is 0 Å². The van der Waals surface area contributed by atoms with Crippen LogP contribution in [0.3, 0.4) is 0 Å². The summed E-state index contributed by atoms with van der Waals surface area (Å²) in [4.78, 5) is 24.8. The Morgan fingerprint density at radius 3 is 2.76 bits per heavy atom. The van der Waals surface area contributed by atoms with Crippen LogP contribution < -0.4 is 0 Å². The summed E-state index contributed by atoms with van der Waals surface area (Å²) in [5.74, 6) is -1.33. The summed E-state index contributed by atoms with van der Waals surface area (Å²) >= 11 is 0. The fourth-order valence-electron chi connectivity index (χ4n) is 2.83. The van der Waals surface area contributed by atoms with Crippen LogP contribution in [0.1, 0.15) is 37.7 Å². The lowest BCUT2D eigenvalue weighted by molar-refractivity contribution is -0.139. The Labute approximate surface area is 123 Å². The lowest BCUT2D eigenvalue weighted by Gasteiger charge is -2.35. The molecule has 0 saturated carbocycles. The number of carbonyl (C=O) groups excluding carboxylic acids is 1. The fraction of sp³-hybridized carbons (Fsp3) is 0.500. The van der Waals surface area contributed by atoms with E-state index in [1.54, 1.807) is 23.1 Å². The van der Waals surface area contributed by atoms with Gasteiger partial charge in [-0.25, -0.2) is 4.39 Å². The van der Waals surface area contributed by atoms with Crippen LogP contribution in [0.15, 0.2) is 24.3 Å². The van der Waals surface area contributed by atoms with Crippen LogP contribution in [0.25, 0.3) is 0 Å². The summed E-state index contributed by atoms with van der Waals surface area (Å²) in [5, 5.41) is 8.79. The van der Waals surface area contributed by atoms with Crippen LogP contribution in [0.4, 0.5) is 4.39 Å². The molecule has 1 heterocycles. The maximum atomic E-state index is 13.6. The second-order valence-corrected chi connectivity index (χ2v) is 5.44. The Balaban J connectivity index is 2.01. The summed E-state index contributed by atoms with van der Waals surface area (Å²) in [6, 6.07) is 6.24. The monoisotopic (exact) mass is 293 g/mol. The van der Waals surface area contributed by atoms with Gasteiger partial charge >= 0.3 is 5.97 Å². The third-order valence-corrected chi connectivity index (χ3v) is 3.94. The second kappa shape index (κ2) is 7.20. The SMILES string of the molecule is O=C(O)CCC1CCCCN1C(=O)Cc1ccccc1F. The first-order valence-corrected chi connectivity index (χ1v) is 7.32. The Morgan fingerprint density at radius 1 is 1.29 bits per heavy atom. The average Bonchev–Trinajstić information content (AvgIpc) is 2.47. The van der Waals surface area contributed by atoms with Gasteiger partial charge in [-0.1, -0.05) is 18.2 Å². The molecule has 4 nitrogen and oxygen atoms in total. The molecule has 1 saturated heterocycles. The molecule has 2 rings (SSSR count). The molecule has 1 fully saturated rings. The Hall–Kier alpha value is -1.91. The topological polar surface area (TPSA) is 57.6 Å². The second-order valence-electron chi connectivity index (χ2n) is 5.44. The average molecular weight is 293 g/mol. The predicted molar refractivity (Wildman–Crippen MR) is 76.3 cm³/mol. The van der Waals surface area contributed by atoms with Gasteiger partial charge in [0.1, 0.15) is 5.82 Å². The first-order chi connectivity index (χ1) is 10.1. The van der Waals surface area contributed by atoms with Gasteiger partial charge in [-0.15, -0.1) is 0 Å². The van der Waals surface area contributed by atoms with Crippen LogP contribution in [-0.4, -0.2) is 34.5 Å². The first kappa shape index (κ1) is 15.5. The van der Waals surface area contributed by atoms with Crippen LogP contribution in [-0.2, 0) is 16.0 Å². The van der Waals surface area contributed by atoms with Crippen molar-refractivity contribution in [3.05, 3.63) is 35.6 Å². The van der Waals surface area contributed by atoms with Crippen molar-refractivity contribution in [2.24, 2.45) is 0 Å². The quantitative estimate of drug-likeness (QED) is 0.908. The lowest BCUT2D eigenvalue weighted by Crippen LogP contribution is -2.44. The minimum absolute atomic E-state index is 0.0332. The minimum atomic E-state index is -0.845. The molecule has 1 aliphatic rings. The molecule has 1 atom stereocenters. The molecule has 5 heteroatoms. The van der Waals surface area contributed by atoms with E-state index in [1.165, 1.54) is 6.07 Å². The van der Waals surface area contributed by atoms with Crippen molar-refractivity contribution in [1.29, 1.82) is 0 Å². The Kier molecular flexibility index (Phi) is 5.31. The number of carboxylic acid groups (broad SMARTS) is 1. The van der Waals surface area contributed by atoms with E-state index < -0.39 is 5.97 Å². The maximum absolute atomic E-state index is 13.6. The van der Waals surface area contributed by atoms with E-state index in [0.717, 1.165) is 19.3 Å². The van der Waals surface area contributed by atoms with Gasteiger partial charge in [-0.05, 0) is 37.3 Å². The van der Waals surface area contributed by atoms with Gasteiger partial charge < -0.3 is 10.0 Å². The van der Waals surface area contributed by atoms with E-state index in [1.807, 2.05) is 0 Å². The molecule has 1 N–H and O–H groups in total. The summed E-state index contributed by atoms with van der Waals surface area (Å²) in [5.41, 5.74) is 0.394. The first-order valence-electron chi connectivity index (χ1n) is 7.32. The molecule has 114 valence electrons. The van der Waals surface area contributed by atoms with Crippen molar-refractivity contribution in [3.8, 4) is 0 Å². The molecule has 21 heavy (non-hydrogen) atoms. The maximum Gasteiger partial charge on any atom is 0.303 e. The van der Waals surface area contributed by atoms with Crippen LogP contribution in [0, 0.1) is 5.82 Å². The summed E-state index contributed by atoms with van der Waals surface area (Å²) < 4.78 is 13.6. The molecule has 0 bridgehead atoms.